The Kier molecular flexibility index (Phi) is 5.54. The number of carbonyl (C=O) groups excluding carboxylic acids is 4. The molecule has 11 nitrogen and oxygen atoms in total. The fourth-order valence-electron chi connectivity index (χ4n) is 3.59. The molecular weight excluding hydrogens is 394 g/mol. The van der Waals surface area contributed by atoms with Gasteiger partial charge in [-0.1, -0.05) is 6.07 Å². The van der Waals surface area contributed by atoms with Gasteiger partial charge in [-0.15, -0.1) is 0 Å². The highest BCUT2D eigenvalue weighted by atomic mass is 16.6. The van der Waals surface area contributed by atoms with Crippen molar-refractivity contribution in [3.8, 4) is 0 Å². The molecule has 2 saturated heterocycles. The highest BCUT2D eigenvalue weighted by molar-refractivity contribution is 6.30. The van der Waals surface area contributed by atoms with Crippen LogP contribution in [0.25, 0.3) is 6.08 Å². The lowest BCUT2D eigenvalue weighted by molar-refractivity contribution is -0.384. The molecule has 158 valence electrons. The zero-order chi connectivity index (χ0) is 22.2. The number of anilines is 1. The van der Waals surface area contributed by atoms with Crippen LogP contribution in [0.4, 0.5) is 16.2 Å². The first-order valence-corrected chi connectivity index (χ1v) is 9.26. The predicted octanol–water partition coefficient (Wildman–Crippen LogP) is 0.730. The fourth-order valence-corrected chi connectivity index (χ4v) is 3.59. The van der Waals surface area contributed by atoms with Gasteiger partial charge in [0.05, 0.1) is 4.92 Å². The maximum Gasteiger partial charge on any atom is 0.333 e. The first-order chi connectivity index (χ1) is 14.1. The Labute approximate surface area is 171 Å². The predicted molar refractivity (Wildman–Crippen MR) is 106 cm³/mol. The number of rotatable bonds is 4. The lowest BCUT2D eigenvalue weighted by atomic mass is 9.95. The third-order valence-corrected chi connectivity index (χ3v) is 5.39. The van der Waals surface area contributed by atoms with Gasteiger partial charge in [-0.25, -0.2) is 4.79 Å². The third kappa shape index (κ3) is 3.73. The van der Waals surface area contributed by atoms with Crippen LogP contribution >= 0.6 is 0 Å². The van der Waals surface area contributed by atoms with E-state index in [0.717, 1.165) is 9.80 Å². The van der Waals surface area contributed by atoms with E-state index in [1.165, 1.54) is 26.2 Å². The number of primary amides is 1. The van der Waals surface area contributed by atoms with E-state index in [2.05, 4.69) is 0 Å². The van der Waals surface area contributed by atoms with Crippen molar-refractivity contribution in [2.75, 3.05) is 32.1 Å². The Morgan fingerprint density at radius 2 is 1.70 bits per heavy atom. The Morgan fingerprint density at radius 1 is 1.13 bits per heavy atom. The van der Waals surface area contributed by atoms with E-state index in [1.54, 1.807) is 12.1 Å². The number of amides is 5. The van der Waals surface area contributed by atoms with Gasteiger partial charge in [-0.2, -0.15) is 0 Å². The van der Waals surface area contributed by atoms with E-state index in [0.29, 0.717) is 31.6 Å². The molecule has 30 heavy (non-hydrogen) atoms. The third-order valence-electron chi connectivity index (χ3n) is 5.39. The second-order valence-electron chi connectivity index (χ2n) is 7.24. The number of urea groups is 1. The number of nitrogens with two attached hydrogens (primary N) is 1. The first kappa shape index (κ1) is 21.0. The summed E-state index contributed by atoms with van der Waals surface area (Å²) < 4.78 is 0. The molecule has 1 aromatic carbocycles. The van der Waals surface area contributed by atoms with Gasteiger partial charge in [0.15, 0.2) is 0 Å². The van der Waals surface area contributed by atoms with Crippen LogP contribution in [-0.4, -0.2) is 65.7 Å². The normalized spacial score (nSPS) is 18.1. The summed E-state index contributed by atoms with van der Waals surface area (Å²) in [7, 11) is 2.51. The molecule has 2 heterocycles. The molecule has 0 aliphatic carbocycles. The lowest BCUT2D eigenvalue weighted by Crippen LogP contribution is -2.52. The average molecular weight is 415 g/mol. The molecule has 2 aliphatic heterocycles. The van der Waals surface area contributed by atoms with Gasteiger partial charge in [-0.3, -0.25) is 34.3 Å². The summed E-state index contributed by atoms with van der Waals surface area (Å²) in [5.74, 6) is -2.17. The summed E-state index contributed by atoms with van der Waals surface area (Å²) in [5, 5.41) is 11.6. The Balaban J connectivity index is 1.92. The smallest absolute Gasteiger partial charge is 0.333 e. The maximum absolute atomic E-state index is 12.3. The summed E-state index contributed by atoms with van der Waals surface area (Å²) in [5.41, 5.74) is 5.56. The number of hydrogen-bond acceptors (Lipinski definition) is 7. The number of imide groups is 2. The van der Waals surface area contributed by atoms with Crippen molar-refractivity contribution in [2.45, 2.75) is 12.8 Å². The summed E-state index contributed by atoms with van der Waals surface area (Å²) >= 11 is 0. The van der Waals surface area contributed by atoms with Gasteiger partial charge in [0.2, 0.25) is 5.91 Å². The molecule has 5 amide bonds. The highest BCUT2D eigenvalue weighted by Gasteiger charge is 2.38. The van der Waals surface area contributed by atoms with Crippen molar-refractivity contribution < 1.29 is 24.1 Å². The van der Waals surface area contributed by atoms with E-state index < -0.39 is 22.8 Å². The summed E-state index contributed by atoms with van der Waals surface area (Å²) in [6, 6.07) is 3.64. The average Bonchev–Trinajstić information content (AvgIpc) is 2.74. The van der Waals surface area contributed by atoms with E-state index in [-0.39, 0.29) is 28.6 Å². The quantitative estimate of drug-likeness (QED) is 0.330. The molecule has 0 aromatic heterocycles. The lowest BCUT2D eigenvalue weighted by Gasteiger charge is -2.32. The number of carbonyl (C=O) groups is 4. The molecule has 0 atom stereocenters. The molecule has 0 unspecified atom stereocenters. The molecule has 0 spiro atoms. The second-order valence-corrected chi connectivity index (χ2v) is 7.24. The van der Waals surface area contributed by atoms with Crippen LogP contribution in [0.2, 0.25) is 0 Å². The van der Waals surface area contributed by atoms with Crippen LogP contribution in [0, 0.1) is 16.0 Å². The topological polar surface area (TPSA) is 147 Å². The van der Waals surface area contributed by atoms with Crippen LogP contribution in [0.3, 0.4) is 0 Å². The molecule has 3 rings (SSSR count). The summed E-state index contributed by atoms with van der Waals surface area (Å²) in [6.45, 7) is 0.896. The molecule has 2 N–H and O–H groups in total. The van der Waals surface area contributed by atoms with Gasteiger partial charge >= 0.3 is 6.03 Å². The fraction of sp³-hybridized carbons (Fsp3) is 0.368. The van der Waals surface area contributed by atoms with Crippen LogP contribution in [0.15, 0.2) is 23.8 Å². The second kappa shape index (κ2) is 7.93. The Bertz CT molecular complexity index is 954. The van der Waals surface area contributed by atoms with Crippen molar-refractivity contribution in [1.29, 1.82) is 0 Å². The number of barbiturate groups is 1. The van der Waals surface area contributed by atoms with Crippen molar-refractivity contribution in [3.63, 3.8) is 0 Å². The van der Waals surface area contributed by atoms with E-state index >= 15 is 0 Å². The molecule has 0 radical (unpaired) electrons. The van der Waals surface area contributed by atoms with Crippen molar-refractivity contribution in [3.05, 3.63) is 39.4 Å². The molecule has 0 bridgehead atoms. The van der Waals surface area contributed by atoms with Crippen LogP contribution in [0.1, 0.15) is 18.4 Å². The molecule has 11 heteroatoms. The van der Waals surface area contributed by atoms with Crippen molar-refractivity contribution in [2.24, 2.45) is 11.7 Å². The molecular formula is C19H21N5O6. The van der Waals surface area contributed by atoms with E-state index in [4.69, 9.17) is 5.73 Å². The van der Waals surface area contributed by atoms with Gasteiger partial charge in [0.25, 0.3) is 17.5 Å². The summed E-state index contributed by atoms with van der Waals surface area (Å²) in [6.07, 6.45) is 2.25. The van der Waals surface area contributed by atoms with Gasteiger partial charge in [0.1, 0.15) is 11.3 Å². The van der Waals surface area contributed by atoms with Crippen LogP contribution in [0.5, 0.6) is 0 Å². The molecule has 1 aromatic rings. The van der Waals surface area contributed by atoms with Crippen molar-refractivity contribution >= 4 is 41.2 Å². The number of hydrogen-bond donors (Lipinski definition) is 1. The highest BCUT2D eigenvalue weighted by Crippen LogP contribution is 2.33. The monoisotopic (exact) mass is 415 g/mol. The zero-order valence-corrected chi connectivity index (χ0v) is 16.5. The number of nitro benzene ring substituents is 1. The molecule has 2 fully saturated rings. The number of likely N-dealkylation sites (N-methyl/N-ethyl adjacent to an activating group) is 2. The first-order valence-electron chi connectivity index (χ1n) is 9.26. The molecule has 0 saturated carbocycles. The SMILES string of the molecule is CN1C(=O)C(=Cc2ccc(N3CCC(C(N)=O)CC3)c([N+](=O)[O-])c2)C(=O)N(C)C1=O. The van der Waals surface area contributed by atoms with Crippen LogP contribution < -0.4 is 10.6 Å². The van der Waals surface area contributed by atoms with Gasteiger partial charge in [0, 0.05) is 39.2 Å². The molecule has 2 aliphatic rings. The van der Waals surface area contributed by atoms with E-state index in [1.807, 2.05) is 4.90 Å². The minimum Gasteiger partial charge on any atom is -0.369 e. The largest absolute Gasteiger partial charge is 0.369 e. The number of nitro groups is 1. The van der Waals surface area contributed by atoms with Crippen molar-refractivity contribution in [1.82, 2.24) is 9.80 Å². The standard InChI is InChI=1S/C19H21N5O6/c1-21-17(26)13(18(27)22(2)19(21)28)9-11-3-4-14(15(10-11)24(29)30)23-7-5-12(6-8-23)16(20)25/h3-4,9-10,12H,5-8H2,1-2H3,(H2,20,25). The number of benzene rings is 1. The minimum absolute atomic E-state index is 0.185. The maximum atomic E-state index is 12.3. The Hall–Kier alpha value is -3.76. The Morgan fingerprint density at radius 3 is 2.20 bits per heavy atom. The minimum atomic E-state index is -0.775. The zero-order valence-electron chi connectivity index (χ0n) is 16.5. The van der Waals surface area contributed by atoms with Gasteiger partial charge in [-0.05, 0) is 30.5 Å². The van der Waals surface area contributed by atoms with Crippen LogP contribution in [-0.2, 0) is 14.4 Å². The van der Waals surface area contributed by atoms with Gasteiger partial charge < -0.3 is 10.6 Å². The van der Waals surface area contributed by atoms with E-state index in [9.17, 15) is 29.3 Å². The number of nitrogens with zero attached hydrogens (tertiary/aromatic N) is 4. The summed E-state index contributed by atoms with van der Waals surface area (Å²) in [4.78, 5) is 62.3. The number of piperidine rings is 1.